The van der Waals surface area contributed by atoms with E-state index in [1.807, 2.05) is 0 Å². The van der Waals surface area contributed by atoms with Crippen molar-refractivity contribution in [2.45, 2.75) is 40.0 Å². The lowest BCUT2D eigenvalue weighted by atomic mass is 9.94. The molecule has 1 unspecified atom stereocenters. The molecule has 0 fully saturated rings. The Morgan fingerprint density at radius 1 is 1.35 bits per heavy atom. The van der Waals surface area contributed by atoms with Crippen LogP contribution in [0.2, 0.25) is 0 Å². The predicted molar refractivity (Wildman–Crippen MR) is 84.5 cm³/mol. The summed E-state index contributed by atoms with van der Waals surface area (Å²) in [6.07, 6.45) is 2.44. The summed E-state index contributed by atoms with van der Waals surface area (Å²) in [4.78, 5) is 11.9. The summed E-state index contributed by atoms with van der Waals surface area (Å²) in [5.41, 5.74) is 8.25. The van der Waals surface area contributed by atoms with Crippen molar-refractivity contribution in [1.82, 2.24) is 5.32 Å². The van der Waals surface area contributed by atoms with Gasteiger partial charge in [-0.05, 0) is 43.7 Å². The highest BCUT2D eigenvalue weighted by molar-refractivity contribution is 5.76. The zero-order valence-electron chi connectivity index (χ0n) is 13.0. The molecule has 0 aromatic heterocycles. The van der Waals surface area contributed by atoms with Crippen LogP contribution in [0.15, 0.2) is 24.3 Å². The van der Waals surface area contributed by atoms with Crippen LogP contribution in [0.3, 0.4) is 0 Å². The van der Waals surface area contributed by atoms with Gasteiger partial charge >= 0.3 is 0 Å². The molecule has 0 aliphatic heterocycles. The van der Waals surface area contributed by atoms with E-state index in [1.54, 1.807) is 0 Å². The van der Waals surface area contributed by atoms with E-state index < -0.39 is 0 Å². The van der Waals surface area contributed by atoms with Gasteiger partial charge in [0, 0.05) is 13.0 Å². The molecule has 3 N–H and O–H groups in total. The quantitative estimate of drug-likeness (QED) is 0.767. The minimum atomic E-state index is 0.119. The average Bonchev–Trinajstić information content (AvgIpc) is 2.37. The van der Waals surface area contributed by atoms with Crippen molar-refractivity contribution in [1.29, 1.82) is 0 Å². The maximum Gasteiger partial charge on any atom is 0.220 e. The number of benzene rings is 1. The Labute approximate surface area is 122 Å². The molecule has 1 atom stereocenters. The second-order valence-corrected chi connectivity index (χ2v) is 6.02. The first-order valence-electron chi connectivity index (χ1n) is 7.53. The van der Waals surface area contributed by atoms with E-state index in [2.05, 4.69) is 50.4 Å². The summed E-state index contributed by atoms with van der Waals surface area (Å²) in [6.45, 7) is 7.70. The van der Waals surface area contributed by atoms with Crippen molar-refractivity contribution < 1.29 is 4.79 Å². The number of nitrogens with one attached hydrogen (secondary N) is 1. The first kappa shape index (κ1) is 16.7. The molecular formula is C17H28N2O. The molecule has 0 bridgehead atoms. The molecule has 3 nitrogen and oxygen atoms in total. The summed E-state index contributed by atoms with van der Waals surface area (Å²) in [6, 6.07) is 8.40. The first-order chi connectivity index (χ1) is 9.51. The molecule has 20 heavy (non-hydrogen) atoms. The number of carbonyl (C=O) groups is 1. The maximum atomic E-state index is 11.9. The molecular weight excluding hydrogens is 248 g/mol. The SMILES string of the molecule is Cc1cccc(CCNC(=O)CC(CN)CC(C)C)c1. The van der Waals surface area contributed by atoms with Crippen molar-refractivity contribution in [3.8, 4) is 0 Å². The molecule has 0 spiro atoms. The molecule has 0 aliphatic carbocycles. The van der Waals surface area contributed by atoms with Crippen LogP contribution in [-0.2, 0) is 11.2 Å². The van der Waals surface area contributed by atoms with Gasteiger partial charge in [-0.3, -0.25) is 4.79 Å². The zero-order chi connectivity index (χ0) is 15.0. The Balaban J connectivity index is 2.29. The van der Waals surface area contributed by atoms with Gasteiger partial charge in [0.05, 0.1) is 0 Å². The number of hydrogen-bond acceptors (Lipinski definition) is 2. The Bertz CT molecular complexity index is 415. The molecule has 112 valence electrons. The van der Waals surface area contributed by atoms with Gasteiger partial charge in [0.2, 0.25) is 5.91 Å². The van der Waals surface area contributed by atoms with Gasteiger partial charge in [-0.25, -0.2) is 0 Å². The summed E-state index contributed by atoms with van der Waals surface area (Å²) in [5.74, 6) is 1.01. The predicted octanol–water partition coefficient (Wildman–Crippen LogP) is 2.66. The van der Waals surface area contributed by atoms with E-state index in [9.17, 15) is 4.79 Å². The van der Waals surface area contributed by atoms with Crippen molar-refractivity contribution in [3.63, 3.8) is 0 Å². The topological polar surface area (TPSA) is 55.1 Å². The average molecular weight is 276 g/mol. The number of amides is 1. The van der Waals surface area contributed by atoms with Crippen molar-refractivity contribution in [2.24, 2.45) is 17.6 Å². The second kappa shape index (κ2) is 8.75. The normalized spacial score (nSPS) is 12.4. The number of aryl methyl sites for hydroxylation is 1. The van der Waals surface area contributed by atoms with Gasteiger partial charge in [-0.1, -0.05) is 43.7 Å². The van der Waals surface area contributed by atoms with E-state index in [1.165, 1.54) is 11.1 Å². The molecule has 0 aliphatic rings. The number of rotatable bonds is 8. The van der Waals surface area contributed by atoms with Crippen LogP contribution in [0, 0.1) is 18.8 Å². The highest BCUT2D eigenvalue weighted by atomic mass is 16.1. The van der Waals surface area contributed by atoms with Gasteiger partial charge in [-0.15, -0.1) is 0 Å². The summed E-state index contributed by atoms with van der Waals surface area (Å²) < 4.78 is 0. The van der Waals surface area contributed by atoms with E-state index in [-0.39, 0.29) is 5.91 Å². The molecule has 1 rings (SSSR count). The van der Waals surface area contributed by atoms with Crippen LogP contribution in [0.4, 0.5) is 0 Å². The molecule has 0 radical (unpaired) electrons. The highest BCUT2D eigenvalue weighted by Crippen LogP contribution is 2.14. The Kier molecular flexibility index (Phi) is 7.31. The molecule has 3 heteroatoms. The molecule has 0 saturated heterocycles. The second-order valence-electron chi connectivity index (χ2n) is 6.02. The van der Waals surface area contributed by atoms with Gasteiger partial charge < -0.3 is 11.1 Å². The van der Waals surface area contributed by atoms with Crippen molar-refractivity contribution >= 4 is 5.91 Å². The molecule has 0 saturated carbocycles. The lowest BCUT2D eigenvalue weighted by Crippen LogP contribution is -2.30. The van der Waals surface area contributed by atoms with E-state index in [0.29, 0.717) is 31.3 Å². The largest absolute Gasteiger partial charge is 0.356 e. The third-order valence-electron chi connectivity index (χ3n) is 3.43. The summed E-state index contributed by atoms with van der Waals surface area (Å²) in [5, 5.41) is 2.99. The fourth-order valence-electron chi connectivity index (χ4n) is 2.48. The zero-order valence-corrected chi connectivity index (χ0v) is 13.0. The smallest absolute Gasteiger partial charge is 0.220 e. The first-order valence-corrected chi connectivity index (χ1v) is 7.53. The van der Waals surface area contributed by atoms with Crippen LogP contribution in [0.25, 0.3) is 0 Å². The fourth-order valence-corrected chi connectivity index (χ4v) is 2.48. The Morgan fingerprint density at radius 2 is 2.10 bits per heavy atom. The van der Waals surface area contributed by atoms with Gasteiger partial charge in [0.15, 0.2) is 0 Å². The fraction of sp³-hybridized carbons (Fsp3) is 0.588. The maximum absolute atomic E-state index is 11.9. The molecule has 0 heterocycles. The third kappa shape index (κ3) is 6.71. The van der Waals surface area contributed by atoms with E-state index in [0.717, 1.165) is 12.8 Å². The van der Waals surface area contributed by atoms with Crippen LogP contribution in [-0.4, -0.2) is 19.0 Å². The summed E-state index contributed by atoms with van der Waals surface area (Å²) in [7, 11) is 0. The van der Waals surface area contributed by atoms with E-state index in [4.69, 9.17) is 5.73 Å². The lowest BCUT2D eigenvalue weighted by molar-refractivity contribution is -0.122. The Hall–Kier alpha value is -1.35. The minimum Gasteiger partial charge on any atom is -0.356 e. The minimum absolute atomic E-state index is 0.119. The lowest BCUT2D eigenvalue weighted by Gasteiger charge is -2.16. The number of hydrogen-bond donors (Lipinski definition) is 2. The summed E-state index contributed by atoms with van der Waals surface area (Å²) >= 11 is 0. The number of carbonyl (C=O) groups excluding carboxylic acids is 1. The van der Waals surface area contributed by atoms with Crippen LogP contribution < -0.4 is 11.1 Å². The molecule has 1 aromatic carbocycles. The third-order valence-corrected chi connectivity index (χ3v) is 3.43. The van der Waals surface area contributed by atoms with Crippen LogP contribution >= 0.6 is 0 Å². The van der Waals surface area contributed by atoms with Crippen molar-refractivity contribution in [3.05, 3.63) is 35.4 Å². The van der Waals surface area contributed by atoms with Gasteiger partial charge in [0.1, 0.15) is 0 Å². The van der Waals surface area contributed by atoms with Gasteiger partial charge in [-0.2, -0.15) is 0 Å². The highest BCUT2D eigenvalue weighted by Gasteiger charge is 2.13. The van der Waals surface area contributed by atoms with Crippen molar-refractivity contribution in [2.75, 3.05) is 13.1 Å². The van der Waals surface area contributed by atoms with E-state index >= 15 is 0 Å². The van der Waals surface area contributed by atoms with Crippen LogP contribution in [0.1, 0.15) is 37.8 Å². The molecule has 1 amide bonds. The number of nitrogens with two attached hydrogens (primary N) is 1. The van der Waals surface area contributed by atoms with Crippen LogP contribution in [0.5, 0.6) is 0 Å². The molecule has 1 aromatic rings. The van der Waals surface area contributed by atoms with Gasteiger partial charge in [0.25, 0.3) is 0 Å². The Morgan fingerprint density at radius 3 is 2.70 bits per heavy atom. The monoisotopic (exact) mass is 276 g/mol. The standard InChI is InChI=1S/C17H28N2O/c1-13(2)9-16(12-18)11-17(20)19-8-7-15-6-4-5-14(3)10-15/h4-6,10,13,16H,7-9,11-12,18H2,1-3H3,(H,19,20).